The van der Waals surface area contributed by atoms with Crippen molar-refractivity contribution in [2.45, 2.75) is 62.9 Å². The summed E-state index contributed by atoms with van der Waals surface area (Å²) in [5.41, 5.74) is 1.42. The summed E-state index contributed by atoms with van der Waals surface area (Å²) in [6.45, 7) is 0. The lowest BCUT2D eigenvalue weighted by Crippen LogP contribution is -2.28. The van der Waals surface area contributed by atoms with Crippen LogP contribution in [-0.2, 0) is 15.3 Å². The lowest BCUT2D eigenvalue weighted by Gasteiger charge is -2.28. The number of rotatable bonds is 13. The third kappa shape index (κ3) is 7.20. The highest BCUT2D eigenvalue weighted by Crippen LogP contribution is 2.47. The first kappa shape index (κ1) is 23.0. The molecule has 1 aromatic rings. The SMILES string of the molecule is CN(O)C(=O)CCCCSCCC1C2CCC(O2)C1CCSCc1ccccc1. The molecule has 29 heavy (non-hydrogen) atoms. The molecule has 2 aliphatic rings. The quantitative estimate of drug-likeness (QED) is 0.260. The number of ether oxygens (including phenoxy) is 1. The van der Waals surface area contributed by atoms with Gasteiger partial charge in [0.05, 0.1) is 12.2 Å². The lowest BCUT2D eigenvalue weighted by molar-refractivity contribution is -0.159. The summed E-state index contributed by atoms with van der Waals surface area (Å²) >= 11 is 4.06. The first-order chi connectivity index (χ1) is 14.1. The van der Waals surface area contributed by atoms with Gasteiger partial charge >= 0.3 is 0 Å². The van der Waals surface area contributed by atoms with Gasteiger partial charge in [-0.2, -0.15) is 23.5 Å². The average molecular weight is 438 g/mol. The Morgan fingerprint density at radius 1 is 1.03 bits per heavy atom. The molecule has 2 aliphatic heterocycles. The van der Waals surface area contributed by atoms with Crippen molar-refractivity contribution in [1.29, 1.82) is 0 Å². The van der Waals surface area contributed by atoms with Gasteiger partial charge in [0.1, 0.15) is 0 Å². The lowest BCUT2D eigenvalue weighted by atomic mass is 9.76. The fourth-order valence-electron chi connectivity index (χ4n) is 4.62. The Balaban J connectivity index is 1.29. The number of unbranched alkanes of at least 4 members (excludes halogenated alkanes) is 1. The number of amides is 1. The number of hydrogen-bond acceptors (Lipinski definition) is 5. The van der Waals surface area contributed by atoms with Crippen molar-refractivity contribution in [3.05, 3.63) is 35.9 Å². The molecular formula is C23H35NO3S2. The van der Waals surface area contributed by atoms with Crippen molar-refractivity contribution in [2.75, 3.05) is 24.3 Å². The maximum Gasteiger partial charge on any atom is 0.245 e. The predicted octanol–water partition coefficient (Wildman–Crippen LogP) is 5.24. The highest BCUT2D eigenvalue weighted by molar-refractivity contribution is 7.99. The van der Waals surface area contributed by atoms with E-state index in [2.05, 4.69) is 42.1 Å². The van der Waals surface area contributed by atoms with Crippen LogP contribution in [0, 0.1) is 11.8 Å². The van der Waals surface area contributed by atoms with Crippen molar-refractivity contribution in [2.24, 2.45) is 11.8 Å². The number of nitrogens with zero attached hydrogens (tertiary/aromatic N) is 1. The smallest absolute Gasteiger partial charge is 0.245 e. The molecule has 4 atom stereocenters. The Bertz CT molecular complexity index is 613. The summed E-state index contributed by atoms with van der Waals surface area (Å²) in [6.07, 6.45) is 8.41. The monoisotopic (exact) mass is 437 g/mol. The maximum absolute atomic E-state index is 11.4. The molecule has 2 fully saturated rings. The Morgan fingerprint density at radius 2 is 1.69 bits per heavy atom. The van der Waals surface area contributed by atoms with Gasteiger partial charge in [0.15, 0.2) is 0 Å². The minimum atomic E-state index is -0.192. The van der Waals surface area contributed by atoms with Gasteiger partial charge in [-0.05, 0) is 73.2 Å². The average Bonchev–Trinajstić information content (AvgIpc) is 3.33. The highest BCUT2D eigenvalue weighted by atomic mass is 32.2. The number of carbonyl (C=O) groups excluding carboxylic acids is 1. The molecule has 2 heterocycles. The molecule has 2 bridgehead atoms. The number of hydrogen-bond donors (Lipinski definition) is 1. The normalized spacial score (nSPS) is 25.4. The highest BCUT2D eigenvalue weighted by Gasteiger charge is 2.47. The van der Waals surface area contributed by atoms with E-state index in [9.17, 15) is 4.79 Å². The molecule has 162 valence electrons. The number of carbonyl (C=O) groups is 1. The second-order valence-corrected chi connectivity index (χ2v) is 10.6. The zero-order valence-electron chi connectivity index (χ0n) is 17.5. The first-order valence-corrected chi connectivity index (χ1v) is 13.3. The Morgan fingerprint density at radius 3 is 2.34 bits per heavy atom. The van der Waals surface area contributed by atoms with Crippen molar-refractivity contribution in [3.63, 3.8) is 0 Å². The zero-order valence-corrected chi connectivity index (χ0v) is 19.1. The van der Waals surface area contributed by atoms with Gasteiger partial charge < -0.3 is 4.74 Å². The Labute approximate surface area is 184 Å². The summed E-state index contributed by atoms with van der Waals surface area (Å²) in [5, 5.41) is 9.76. The van der Waals surface area contributed by atoms with Crippen molar-refractivity contribution in [1.82, 2.24) is 5.06 Å². The molecule has 4 nitrogen and oxygen atoms in total. The van der Waals surface area contributed by atoms with Crippen LogP contribution in [0.4, 0.5) is 0 Å². The summed E-state index contributed by atoms with van der Waals surface area (Å²) in [6, 6.07) is 10.8. The summed E-state index contributed by atoms with van der Waals surface area (Å²) in [5.74, 6) is 5.92. The molecule has 0 aromatic heterocycles. The van der Waals surface area contributed by atoms with Crippen molar-refractivity contribution >= 4 is 29.4 Å². The number of fused-ring (bicyclic) bond motifs is 2. The van der Waals surface area contributed by atoms with Crippen LogP contribution >= 0.6 is 23.5 Å². The second-order valence-electron chi connectivity index (χ2n) is 8.22. The third-order valence-electron chi connectivity index (χ3n) is 6.18. The predicted molar refractivity (Wildman–Crippen MR) is 122 cm³/mol. The minimum absolute atomic E-state index is 0.192. The molecule has 0 aliphatic carbocycles. The largest absolute Gasteiger partial charge is 0.374 e. The van der Waals surface area contributed by atoms with Crippen LogP contribution in [0.2, 0.25) is 0 Å². The van der Waals surface area contributed by atoms with E-state index in [0.717, 1.165) is 36.2 Å². The fraction of sp³-hybridized carbons (Fsp3) is 0.696. The van der Waals surface area contributed by atoms with Crippen LogP contribution < -0.4 is 0 Å². The molecule has 3 rings (SSSR count). The summed E-state index contributed by atoms with van der Waals surface area (Å²) in [7, 11) is 1.39. The number of thioether (sulfide) groups is 2. The van der Waals surface area contributed by atoms with Crippen LogP contribution in [-0.4, -0.2) is 52.7 Å². The van der Waals surface area contributed by atoms with E-state index in [1.165, 1.54) is 49.8 Å². The first-order valence-electron chi connectivity index (χ1n) is 11.0. The molecule has 0 radical (unpaired) electrons. The van der Waals surface area contributed by atoms with E-state index >= 15 is 0 Å². The number of hydroxylamine groups is 2. The van der Waals surface area contributed by atoms with Crippen LogP contribution in [0.3, 0.4) is 0 Å². The van der Waals surface area contributed by atoms with Crippen LogP contribution in [0.15, 0.2) is 30.3 Å². The summed E-state index contributed by atoms with van der Waals surface area (Å²) < 4.78 is 6.27. The summed E-state index contributed by atoms with van der Waals surface area (Å²) in [4.78, 5) is 11.4. The fourth-order valence-corrected chi connectivity index (χ4v) is 6.68. The Hall–Kier alpha value is -0.690. The van der Waals surface area contributed by atoms with Gasteiger partial charge in [0, 0.05) is 19.2 Å². The second kappa shape index (κ2) is 12.2. The molecule has 1 amide bonds. The van der Waals surface area contributed by atoms with E-state index in [0.29, 0.717) is 23.7 Å². The van der Waals surface area contributed by atoms with Crippen LogP contribution in [0.5, 0.6) is 0 Å². The minimum Gasteiger partial charge on any atom is -0.374 e. The molecular weight excluding hydrogens is 402 g/mol. The van der Waals surface area contributed by atoms with Crippen LogP contribution in [0.25, 0.3) is 0 Å². The molecule has 1 aromatic carbocycles. The van der Waals surface area contributed by atoms with Gasteiger partial charge in [0.25, 0.3) is 0 Å². The molecule has 1 N–H and O–H groups in total. The molecule has 0 spiro atoms. The topological polar surface area (TPSA) is 49.8 Å². The molecule has 2 saturated heterocycles. The van der Waals surface area contributed by atoms with Crippen molar-refractivity contribution < 1.29 is 14.7 Å². The zero-order chi connectivity index (χ0) is 20.5. The molecule has 4 unspecified atom stereocenters. The standard InChI is InChI=1S/C23H35NO3S2/c1-24(26)23(25)9-5-6-14-28-15-12-19-20(22-11-10-21(19)27-22)13-16-29-17-18-7-3-2-4-8-18/h2-4,7-8,19-22,26H,5-6,9-17H2,1H3. The van der Waals surface area contributed by atoms with Gasteiger partial charge in [-0.1, -0.05) is 30.3 Å². The van der Waals surface area contributed by atoms with Crippen LogP contribution in [0.1, 0.15) is 50.5 Å². The van der Waals surface area contributed by atoms with E-state index in [4.69, 9.17) is 9.94 Å². The Kier molecular flexibility index (Phi) is 9.70. The van der Waals surface area contributed by atoms with E-state index in [1.54, 1.807) is 0 Å². The van der Waals surface area contributed by atoms with Gasteiger partial charge in [0.2, 0.25) is 5.91 Å². The number of benzene rings is 1. The maximum atomic E-state index is 11.4. The third-order valence-corrected chi connectivity index (χ3v) is 8.35. The van der Waals surface area contributed by atoms with Gasteiger partial charge in [-0.15, -0.1) is 0 Å². The molecule has 0 saturated carbocycles. The van der Waals surface area contributed by atoms with E-state index < -0.39 is 0 Å². The van der Waals surface area contributed by atoms with E-state index in [1.807, 2.05) is 11.8 Å². The van der Waals surface area contributed by atoms with Gasteiger partial charge in [-0.3, -0.25) is 10.0 Å². The van der Waals surface area contributed by atoms with Gasteiger partial charge in [-0.25, -0.2) is 5.06 Å². The van der Waals surface area contributed by atoms with Crippen molar-refractivity contribution in [3.8, 4) is 0 Å². The molecule has 6 heteroatoms. The van der Waals surface area contributed by atoms with E-state index in [-0.39, 0.29) is 5.91 Å².